The molecule has 0 heterocycles. The van der Waals surface area contributed by atoms with Crippen molar-refractivity contribution in [3.05, 3.63) is 11.1 Å². The van der Waals surface area contributed by atoms with Gasteiger partial charge < -0.3 is 19.7 Å². The van der Waals surface area contributed by atoms with Crippen LogP contribution in [0, 0.1) is 0 Å². The van der Waals surface area contributed by atoms with E-state index in [1.54, 1.807) is 0 Å². The predicted molar refractivity (Wildman–Crippen MR) is 64.8 cm³/mol. The van der Waals surface area contributed by atoms with Crippen LogP contribution in [-0.2, 0) is 28.7 Å². The highest BCUT2D eigenvalue weighted by Crippen LogP contribution is 2.15. The monoisotopic (exact) mass is 288 g/mol. The van der Waals surface area contributed by atoms with Gasteiger partial charge in [0.05, 0.1) is 37.2 Å². The number of esters is 2. The smallest absolute Gasteiger partial charge is 0.332 e. The van der Waals surface area contributed by atoms with E-state index in [0.29, 0.717) is 0 Å². The standard InChI is InChI=1S/C12H16O8/c1-3-19-9(13)5-7(11(15)16)8(12(17)18)6-10(14)20-4-2/h3-6H2,1-2H3,(H,15,16)(H,17,18)/b8-7+. The van der Waals surface area contributed by atoms with E-state index in [4.69, 9.17) is 10.2 Å². The third kappa shape index (κ3) is 5.98. The number of hydrogen-bond donors (Lipinski definition) is 2. The summed E-state index contributed by atoms with van der Waals surface area (Å²) in [6.07, 6.45) is -1.46. The number of carboxylic acids is 2. The molecule has 0 saturated heterocycles. The zero-order chi connectivity index (χ0) is 15.7. The van der Waals surface area contributed by atoms with Crippen molar-refractivity contribution < 1.29 is 38.9 Å². The second-order valence-corrected chi connectivity index (χ2v) is 3.53. The van der Waals surface area contributed by atoms with Gasteiger partial charge in [-0.2, -0.15) is 0 Å². The molecule has 20 heavy (non-hydrogen) atoms. The molecule has 0 aromatic heterocycles. The van der Waals surface area contributed by atoms with Gasteiger partial charge in [-0.3, -0.25) is 9.59 Å². The Hall–Kier alpha value is -2.38. The van der Waals surface area contributed by atoms with E-state index in [2.05, 4.69) is 9.47 Å². The third-order valence-corrected chi connectivity index (χ3v) is 2.13. The summed E-state index contributed by atoms with van der Waals surface area (Å²) in [5, 5.41) is 17.9. The van der Waals surface area contributed by atoms with Crippen LogP contribution in [0.25, 0.3) is 0 Å². The van der Waals surface area contributed by atoms with Crippen LogP contribution in [0.2, 0.25) is 0 Å². The first-order chi connectivity index (χ1) is 9.33. The fourth-order valence-corrected chi connectivity index (χ4v) is 1.34. The lowest BCUT2D eigenvalue weighted by molar-refractivity contribution is -0.146. The Morgan fingerprint density at radius 2 is 1.05 bits per heavy atom. The molecule has 0 unspecified atom stereocenters. The van der Waals surface area contributed by atoms with Gasteiger partial charge >= 0.3 is 23.9 Å². The number of hydrogen-bond acceptors (Lipinski definition) is 6. The van der Waals surface area contributed by atoms with Crippen LogP contribution < -0.4 is 0 Å². The van der Waals surface area contributed by atoms with E-state index in [1.807, 2.05) is 0 Å². The molecule has 0 rings (SSSR count). The lowest BCUT2D eigenvalue weighted by Crippen LogP contribution is -2.19. The number of carbonyl (C=O) groups is 4. The number of carboxylic acid groups (broad SMARTS) is 2. The van der Waals surface area contributed by atoms with Gasteiger partial charge in [-0.25, -0.2) is 9.59 Å². The minimum absolute atomic E-state index is 0.0337. The molecular formula is C12H16O8. The zero-order valence-electron chi connectivity index (χ0n) is 11.2. The fourth-order valence-electron chi connectivity index (χ4n) is 1.34. The van der Waals surface area contributed by atoms with Crippen LogP contribution in [0.4, 0.5) is 0 Å². The highest BCUT2D eigenvalue weighted by molar-refractivity contribution is 6.03. The molecule has 0 spiro atoms. The normalized spacial score (nSPS) is 11.3. The highest BCUT2D eigenvalue weighted by atomic mass is 16.5. The van der Waals surface area contributed by atoms with Crippen molar-refractivity contribution in [3.63, 3.8) is 0 Å². The van der Waals surface area contributed by atoms with Gasteiger partial charge in [-0.05, 0) is 13.8 Å². The summed E-state index contributed by atoms with van der Waals surface area (Å²) in [5.74, 6) is -4.96. The minimum Gasteiger partial charge on any atom is -0.478 e. The average molecular weight is 288 g/mol. The van der Waals surface area contributed by atoms with Crippen molar-refractivity contribution in [1.29, 1.82) is 0 Å². The van der Waals surface area contributed by atoms with Crippen molar-refractivity contribution in [2.45, 2.75) is 26.7 Å². The van der Waals surface area contributed by atoms with E-state index < -0.39 is 47.9 Å². The van der Waals surface area contributed by atoms with Crippen molar-refractivity contribution in [3.8, 4) is 0 Å². The number of ether oxygens (including phenoxy) is 2. The Balaban J connectivity index is 5.34. The Bertz CT molecular complexity index is 395. The van der Waals surface area contributed by atoms with E-state index in [1.165, 1.54) is 13.8 Å². The highest BCUT2D eigenvalue weighted by Gasteiger charge is 2.25. The van der Waals surface area contributed by atoms with E-state index in [-0.39, 0.29) is 13.2 Å². The molecule has 0 aliphatic heterocycles. The van der Waals surface area contributed by atoms with Crippen LogP contribution in [0.1, 0.15) is 26.7 Å². The van der Waals surface area contributed by atoms with Crippen LogP contribution in [0.5, 0.6) is 0 Å². The number of aliphatic carboxylic acids is 2. The Morgan fingerprint density at radius 1 is 0.750 bits per heavy atom. The first-order valence-electron chi connectivity index (χ1n) is 5.83. The number of rotatable bonds is 8. The predicted octanol–water partition coefficient (Wildman–Crippen LogP) is 0.359. The molecule has 0 fully saturated rings. The zero-order valence-corrected chi connectivity index (χ0v) is 11.2. The number of carbonyl (C=O) groups excluding carboxylic acids is 2. The Kier molecular flexibility index (Phi) is 7.64. The van der Waals surface area contributed by atoms with Gasteiger partial charge in [0.25, 0.3) is 0 Å². The van der Waals surface area contributed by atoms with Gasteiger partial charge in [-0.15, -0.1) is 0 Å². The molecule has 0 atom stereocenters. The van der Waals surface area contributed by atoms with Crippen LogP contribution in [0.3, 0.4) is 0 Å². The summed E-state index contributed by atoms with van der Waals surface area (Å²) in [7, 11) is 0. The quantitative estimate of drug-likeness (QED) is 0.484. The first kappa shape index (κ1) is 17.6. The molecule has 0 aliphatic carbocycles. The summed E-state index contributed by atoms with van der Waals surface area (Å²) >= 11 is 0. The lowest BCUT2D eigenvalue weighted by Gasteiger charge is -2.08. The molecule has 0 bridgehead atoms. The molecule has 0 aromatic rings. The van der Waals surface area contributed by atoms with Crippen LogP contribution in [0.15, 0.2) is 11.1 Å². The molecule has 0 aromatic carbocycles. The summed E-state index contributed by atoms with van der Waals surface area (Å²) < 4.78 is 9.12. The van der Waals surface area contributed by atoms with Crippen molar-refractivity contribution in [1.82, 2.24) is 0 Å². The molecule has 0 radical (unpaired) electrons. The maximum absolute atomic E-state index is 11.3. The second kappa shape index (κ2) is 8.68. The van der Waals surface area contributed by atoms with Gasteiger partial charge in [-0.1, -0.05) is 0 Å². The second-order valence-electron chi connectivity index (χ2n) is 3.53. The molecule has 0 aliphatic rings. The molecule has 8 nitrogen and oxygen atoms in total. The lowest BCUT2D eigenvalue weighted by atomic mass is 10.0. The topological polar surface area (TPSA) is 127 Å². The largest absolute Gasteiger partial charge is 0.478 e. The summed E-state index contributed by atoms with van der Waals surface area (Å²) in [4.78, 5) is 44.6. The SMILES string of the molecule is CCOC(=O)C/C(C(=O)O)=C(/CC(=O)OCC)C(=O)O. The maximum Gasteiger partial charge on any atom is 0.332 e. The van der Waals surface area contributed by atoms with Crippen molar-refractivity contribution in [2.24, 2.45) is 0 Å². The molecule has 0 amide bonds. The van der Waals surface area contributed by atoms with Crippen molar-refractivity contribution >= 4 is 23.9 Å². The molecule has 2 N–H and O–H groups in total. The van der Waals surface area contributed by atoms with Crippen molar-refractivity contribution in [2.75, 3.05) is 13.2 Å². The third-order valence-electron chi connectivity index (χ3n) is 2.13. The molecule has 8 heteroatoms. The van der Waals surface area contributed by atoms with E-state index >= 15 is 0 Å². The van der Waals surface area contributed by atoms with E-state index in [0.717, 1.165) is 0 Å². The Morgan fingerprint density at radius 3 is 1.25 bits per heavy atom. The average Bonchev–Trinajstić information content (AvgIpc) is 2.33. The maximum atomic E-state index is 11.3. The molecule has 0 saturated carbocycles. The molecule has 112 valence electrons. The summed E-state index contributed by atoms with van der Waals surface area (Å²) in [5.41, 5.74) is -1.38. The van der Waals surface area contributed by atoms with Crippen LogP contribution >= 0.6 is 0 Å². The summed E-state index contributed by atoms with van der Waals surface area (Å²) in [6.45, 7) is 3.12. The van der Waals surface area contributed by atoms with E-state index in [9.17, 15) is 19.2 Å². The Labute approximate surface area is 115 Å². The fraction of sp³-hybridized carbons (Fsp3) is 0.500. The first-order valence-corrected chi connectivity index (χ1v) is 5.83. The summed E-state index contributed by atoms with van der Waals surface area (Å²) in [6, 6.07) is 0. The van der Waals surface area contributed by atoms with Gasteiger partial charge in [0.15, 0.2) is 0 Å². The van der Waals surface area contributed by atoms with Gasteiger partial charge in [0.1, 0.15) is 0 Å². The van der Waals surface area contributed by atoms with Crippen LogP contribution in [-0.4, -0.2) is 47.3 Å². The van der Waals surface area contributed by atoms with Gasteiger partial charge in [0.2, 0.25) is 0 Å². The van der Waals surface area contributed by atoms with Gasteiger partial charge in [0, 0.05) is 0 Å². The minimum atomic E-state index is -1.60. The molecular weight excluding hydrogens is 272 g/mol.